The number of benzene rings is 1. The molecular weight excluding hydrogens is 327 g/mol. The van der Waals surface area contributed by atoms with Crippen LogP contribution in [0.4, 0.5) is 14.9 Å². The van der Waals surface area contributed by atoms with Gasteiger partial charge < -0.3 is 10.1 Å². The molecule has 3 amide bonds. The van der Waals surface area contributed by atoms with Crippen molar-refractivity contribution in [2.24, 2.45) is 17.8 Å². The van der Waals surface area contributed by atoms with E-state index in [9.17, 15) is 18.8 Å². The van der Waals surface area contributed by atoms with Gasteiger partial charge in [-0.3, -0.25) is 14.9 Å². The van der Waals surface area contributed by atoms with Crippen molar-refractivity contribution in [1.82, 2.24) is 5.32 Å². The smallest absolute Gasteiger partial charge is 0.326 e. The Balaban J connectivity index is 1.37. The molecule has 2 saturated carbocycles. The van der Waals surface area contributed by atoms with Crippen molar-refractivity contribution in [3.63, 3.8) is 0 Å². The Hall–Kier alpha value is -2.44. The van der Waals surface area contributed by atoms with E-state index >= 15 is 0 Å². The zero-order chi connectivity index (χ0) is 17.8. The predicted molar refractivity (Wildman–Crippen MR) is 88.1 cm³/mol. The molecule has 2 bridgehead atoms. The first-order chi connectivity index (χ1) is 12.0. The SMILES string of the molecule is O=C(COC(=O)C[C@H]1C[C@@H]2CC[C@@H]1C2)NC(=O)Nc1ccccc1F. The van der Waals surface area contributed by atoms with Gasteiger partial charge in [0.1, 0.15) is 5.82 Å². The summed E-state index contributed by atoms with van der Waals surface area (Å²) in [5, 5.41) is 4.22. The maximum absolute atomic E-state index is 13.4. The number of amides is 3. The molecule has 0 unspecified atom stereocenters. The zero-order valence-electron chi connectivity index (χ0n) is 13.8. The Labute approximate surface area is 145 Å². The van der Waals surface area contributed by atoms with E-state index in [0.29, 0.717) is 18.3 Å². The number of rotatable bonds is 5. The molecule has 134 valence electrons. The summed E-state index contributed by atoms with van der Waals surface area (Å²) in [4.78, 5) is 35.1. The molecule has 7 heteroatoms. The number of esters is 1. The minimum absolute atomic E-state index is 0.0407. The lowest BCUT2D eigenvalue weighted by Gasteiger charge is -2.20. The maximum atomic E-state index is 13.4. The number of ether oxygens (including phenoxy) is 1. The summed E-state index contributed by atoms with van der Waals surface area (Å²) in [5.41, 5.74) is -0.0407. The zero-order valence-corrected chi connectivity index (χ0v) is 13.8. The van der Waals surface area contributed by atoms with E-state index < -0.39 is 30.3 Å². The van der Waals surface area contributed by atoms with Gasteiger partial charge in [0, 0.05) is 6.42 Å². The number of nitrogens with one attached hydrogen (secondary N) is 2. The van der Waals surface area contributed by atoms with E-state index in [4.69, 9.17) is 4.74 Å². The second-order valence-electron chi connectivity index (χ2n) is 6.78. The van der Waals surface area contributed by atoms with Crippen molar-refractivity contribution in [2.45, 2.75) is 32.1 Å². The minimum Gasteiger partial charge on any atom is -0.456 e. The average molecular weight is 348 g/mol. The molecule has 1 aromatic carbocycles. The van der Waals surface area contributed by atoms with Crippen molar-refractivity contribution >= 4 is 23.6 Å². The fraction of sp³-hybridized carbons (Fsp3) is 0.500. The molecule has 2 aliphatic carbocycles. The second-order valence-corrected chi connectivity index (χ2v) is 6.78. The van der Waals surface area contributed by atoms with E-state index in [1.165, 1.54) is 37.5 Å². The summed E-state index contributed by atoms with van der Waals surface area (Å²) >= 11 is 0. The molecule has 0 spiro atoms. The number of para-hydroxylation sites is 1. The van der Waals surface area contributed by atoms with E-state index in [2.05, 4.69) is 5.32 Å². The highest BCUT2D eigenvalue weighted by atomic mass is 19.1. The number of carbonyl (C=O) groups excluding carboxylic acids is 3. The van der Waals surface area contributed by atoms with Crippen molar-refractivity contribution < 1.29 is 23.5 Å². The van der Waals surface area contributed by atoms with Crippen molar-refractivity contribution in [1.29, 1.82) is 0 Å². The Kier molecular flexibility index (Phi) is 5.31. The van der Waals surface area contributed by atoms with Crippen molar-refractivity contribution in [3.05, 3.63) is 30.1 Å². The summed E-state index contributed by atoms with van der Waals surface area (Å²) in [6.07, 6.45) is 5.04. The fourth-order valence-electron chi connectivity index (χ4n) is 3.92. The molecule has 0 aliphatic heterocycles. The molecule has 0 aromatic heterocycles. The lowest BCUT2D eigenvalue weighted by Crippen LogP contribution is -2.37. The molecule has 0 radical (unpaired) electrons. The van der Waals surface area contributed by atoms with Crippen molar-refractivity contribution in [3.8, 4) is 0 Å². The highest BCUT2D eigenvalue weighted by Gasteiger charge is 2.40. The Morgan fingerprint density at radius 1 is 1.16 bits per heavy atom. The van der Waals surface area contributed by atoms with Crippen molar-refractivity contribution in [2.75, 3.05) is 11.9 Å². The monoisotopic (exact) mass is 348 g/mol. The number of fused-ring (bicyclic) bond motifs is 2. The standard InChI is InChI=1S/C18H21FN2O4/c19-14-3-1-2-4-15(14)20-18(24)21-16(22)10-25-17(23)9-13-8-11-5-6-12(13)7-11/h1-4,11-13H,5-10H2,(H2,20,21,22,24)/t11-,12-,13-/m1/s1. The van der Waals surface area contributed by atoms with Gasteiger partial charge in [0.2, 0.25) is 0 Å². The van der Waals surface area contributed by atoms with Gasteiger partial charge in [-0.2, -0.15) is 0 Å². The van der Waals surface area contributed by atoms with E-state index in [-0.39, 0.29) is 5.69 Å². The van der Waals surface area contributed by atoms with Crippen LogP contribution in [0, 0.1) is 23.6 Å². The van der Waals surface area contributed by atoms with Crippen LogP contribution < -0.4 is 10.6 Å². The van der Waals surface area contributed by atoms with Gasteiger partial charge in [0.25, 0.3) is 5.91 Å². The van der Waals surface area contributed by atoms with E-state index in [0.717, 1.165) is 12.3 Å². The Bertz CT molecular complexity index is 679. The quantitative estimate of drug-likeness (QED) is 0.802. The van der Waals surface area contributed by atoms with E-state index in [1.54, 1.807) is 6.07 Å². The number of anilines is 1. The minimum atomic E-state index is -0.876. The van der Waals surface area contributed by atoms with Gasteiger partial charge in [-0.1, -0.05) is 18.6 Å². The Morgan fingerprint density at radius 2 is 1.96 bits per heavy atom. The van der Waals surface area contributed by atoms with Gasteiger partial charge in [0.15, 0.2) is 6.61 Å². The normalized spacial score (nSPS) is 24.0. The van der Waals surface area contributed by atoms with Crippen LogP contribution in [-0.4, -0.2) is 24.5 Å². The third-order valence-corrected chi connectivity index (χ3v) is 5.05. The van der Waals surface area contributed by atoms with Crippen LogP contribution in [-0.2, 0) is 14.3 Å². The average Bonchev–Trinajstić information content (AvgIpc) is 3.18. The molecule has 3 atom stereocenters. The van der Waals surface area contributed by atoms with Crippen LogP contribution in [0.3, 0.4) is 0 Å². The summed E-state index contributed by atoms with van der Waals surface area (Å²) in [7, 11) is 0. The molecule has 3 rings (SSSR count). The molecule has 1 aromatic rings. The molecule has 2 N–H and O–H groups in total. The van der Waals surface area contributed by atoms with Crippen LogP contribution in [0.25, 0.3) is 0 Å². The van der Waals surface area contributed by atoms with Gasteiger partial charge in [0.05, 0.1) is 5.69 Å². The van der Waals surface area contributed by atoms with Gasteiger partial charge >= 0.3 is 12.0 Å². The maximum Gasteiger partial charge on any atom is 0.326 e. The number of imide groups is 1. The summed E-state index contributed by atoms with van der Waals surface area (Å²) in [6.45, 7) is -0.523. The summed E-state index contributed by atoms with van der Waals surface area (Å²) in [5.74, 6) is -0.0653. The fourth-order valence-corrected chi connectivity index (χ4v) is 3.92. The molecule has 2 aliphatic rings. The highest BCUT2D eigenvalue weighted by Crippen LogP contribution is 2.49. The van der Waals surface area contributed by atoms with E-state index in [1.807, 2.05) is 5.32 Å². The van der Waals surface area contributed by atoms with Crippen LogP contribution >= 0.6 is 0 Å². The highest BCUT2D eigenvalue weighted by molar-refractivity contribution is 6.01. The number of carbonyl (C=O) groups is 3. The summed E-state index contributed by atoms with van der Waals surface area (Å²) < 4.78 is 18.3. The Morgan fingerprint density at radius 3 is 2.64 bits per heavy atom. The van der Waals surface area contributed by atoms with Crippen LogP contribution in [0.1, 0.15) is 32.1 Å². The van der Waals surface area contributed by atoms with Crippen LogP contribution in [0.2, 0.25) is 0 Å². The third kappa shape index (κ3) is 4.55. The number of hydrogen-bond donors (Lipinski definition) is 2. The number of halogens is 1. The first-order valence-corrected chi connectivity index (χ1v) is 8.52. The number of hydrogen-bond acceptors (Lipinski definition) is 4. The van der Waals surface area contributed by atoms with Gasteiger partial charge in [-0.15, -0.1) is 0 Å². The van der Waals surface area contributed by atoms with Crippen LogP contribution in [0.5, 0.6) is 0 Å². The molecule has 0 heterocycles. The third-order valence-electron chi connectivity index (χ3n) is 5.05. The molecule has 2 fully saturated rings. The van der Waals surface area contributed by atoms with Gasteiger partial charge in [-0.05, 0) is 49.1 Å². The molecular formula is C18H21FN2O4. The lowest BCUT2D eigenvalue weighted by molar-refractivity contribution is -0.149. The number of urea groups is 1. The topological polar surface area (TPSA) is 84.5 Å². The first kappa shape index (κ1) is 17.4. The second kappa shape index (κ2) is 7.63. The predicted octanol–water partition coefficient (Wildman–Crippen LogP) is 2.84. The van der Waals surface area contributed by atoms with Gasteiger partial charge in [-0.25, -0.2) is 9.18 Å². The lowest BCUT2D eigenvalue weighted by atomic mass is 9.86. The first-order valence-electron chi connectivity index (χ1n) is 8.52. The molecule has 25 heavy (non-hydrogen) atoms. The summed E-state index contributed by atoms with van der Waals surface area (Å²) in [6, 6.07) is 4.72. The molecule has 6 nitrogen and oxygen atoms in total. The molecule has 0 saturated heterocycles. The van der Waals surface area contributed by atoms with Crippen LogP contribution in [0.15, 0.2) is 24.3 Å². The largest absolute Gasteiger partial charge is 0.456 e.